The molecule has 84 valence electrons. The first-order chi connectivity index (χ1) is 7.02. The van der Waals surface area contributed by atoms with Crippen LogP contribution in [0.15, 0.2) is 23.2 Å². The van der Waals surface area contributed by atoms with Crippen molar-refractivity contribution in [1.82, 2.24) is 0 Å². The van der Waals surface area contributed by atoms with E-state index in [1.807, 2.05) is 0 Å². The van der Waals surface area contributed by atoms with Crippen LogP contribution in [0.4, 0.5) is 0 Å². The lowest BCUT2D eigenvalue weighted by molar-refractivity contribution is -0.138. The summed E-state index contributed by atoms with van der Waals surface area (Å²) < 4.78 is 26.1. The molecule has 0 spiro atoms. The van der Waals surface area contributed by atoms with E-state index < -0.39 is 13.6 Å². The quantitative estimate of drug-likeness (QED) is 0.551. The summed E-state index contributed by atoms with van der Waals surface area (Å²) in [6.07, 6.45) is 1.40. The molecule has 0 aliphatic carbocycles. The zero-order chi connectivity index (χ0) is 11.5. The topological polar surface area (TPSA) is 61.8 Å². The summed E-state index contributed by atoms with van der Waals surface area (Å²) in [5, 5.41) is 0. The van der Waals surface area contributed by atoms with Gasteiger partial charge in [-0.1, -0.05) is 0 Å². The van der Waals surface area contributed by atoms with Gasteiger partial charge in [0.15, 0.2) is 0 Å². The lowest BCUT2D eigenvalue weighted by Gasteiger charge is -2.19. The maximum Gasteiger partial charge on any atom is 0.403 e. The summed E-state index contributed by atoms with van der Waals surface area (Å²) in [5.74, 6) is 1.00. The van der Waals surface area contributed by atoms with Crippen molar-refractivity contribution in [3.05, 3.63) is 23.2 Å². The van der Waals surface area contributed by atoms with Crippen LogP contribution in [-0.4, -0.2) is 19.7 Å². The molecule has 0 fully saturated rings. The molecule has 5 nitrogen and oxygen atoms in total. The van der Waals surface area contributed by atoms with Crippen LogP contribution in [0.3, 0.4) is 0 Å². The van der Waals surface area contributed by atoms with Crippen LogP contribution in [-0.2, 0) is 23.1 Å². The molecule has 15 heavy (non-hydrogen) atoms. The predicted octanol–water partition coefficient (Wildman–Crippen LogP) is 2.21. The highest BCUT2D eigenvalue weighted by atomic mass is 31.2. The molecule has 0 bridgehead atoms. The van der Waals surface area contributed by atoms with Crippen molar-refractivity contribution in [1.29, 1.82) is 0 Å². The van der Waals surface area contributed by atoms with Gasteiger partial charge in [0, 0.05) is 12.9 Å². The molecule has 0 saturated heterocycles. The SMILES string of the molecule is CCOC(=O)C1=C(C)OP(=O)(OC)C=C1. The highest BCUT2D eigenvalue weighted by Gasteiger charge is 2.28. The molecule has 0 aromatic heterocycles. The summed E-state index contributed by atoms with van der Waals surface area (Å²) in [7, 11) is -1.91. The number of carbonyl (C=O) groups is 1. The van der Waals surface area contributed by atoms with Crippen molar-refractivity contribution in [2.24, 2.45) is 0 Å². The van der Waals surface area contributed by atoms with Gasteiger partial charge in [-0.15, -0.1) is 0 Å². The molecule has 1 unspecified atom stereocenters. The maximum absolute atomic E-state index is 11.6. The fraction of sp³-hybridized carbons (Fsp3) is 0.444. The average Bonchev–Trinajstić information content (AvgIpc) is 2.18. The van der Waals surface area contributed by atoms with Gasteiger partial charge < -0.3 is 13.8 Å². The first-order valence-electron chi connectivity index (χ1n) is 4.44. The van der Waals surface area contributed by atoms with Gasteiger partial charge in [0.1, 0.15) is 5.76 Å². The second kappa shape index (κ2) is 4.64. The molecule has 1 heterocycles. The van der Waals surface area contributed by atoms with Crippen molar-refractivity contribution in [3.8, 4) is 0 Å². The van der Waals surface area contributed by atoms with E-state index in [0.717, 1.165) is 0 Å². The third-order valence-corrected chi connectivity index (χ3v) is 3.37. The summed E-state index contributed by atoms with van der Waals surface area (Å²) in [4.78, 5) is 11.4. The maximum atomic E-state index is 11.6. The standard InChI is InChI=1S/C9H13O5P/c1-4-13-9(10)8-5-6-15(11,12-3)14-7(8)2/h5-6H,4H2,1-3H3. The van der Waals surface area contributed by atoms with Crippen molar-refractivity contribution >= 4 is 13.6 Å². The van der Waals surface area contributed by atoms with Gasteiger partial charge >= 0.3 is 13.6 Å². The number of hydrogen-bond donors (Lipinski definition) is 0. The van der Waals surface area contributed by atoms with Gasteiger partial charge in [-0.25, -0.2) is 9.36 Å². The number of hydrogen-bond acceptors (Lipinski definition) is 5. The molecule has 6 heteroatoms. The van der Waals surface area contributed by atoms with Crippen LogP contribution < -0.4 is 0 Å². The fourth-order valence-electron chi connectivity index (χ4n) is 1.07. The molecule has 0 saturated carbocycles. The van der Waals surface area contributed by atoms with E-state index in [9.17, 15) is 9.36 Å². The fourth-order valence-corrected chi connectivity index (χ4v) is 2.14. The van der Waals surface area contributed by atoms with E-state index in [-0.39, 0.29) is 17.9 Å². The van der Waals surface area contributed by atoms with Gasteiger partial charge in [-0.05, 0) is 19.9 Å². The van der Waals surface area contributed by atoms with E-state index >= 15 is 0 Å². The highest BCUT2D eigenvalue weighted by Crippen LogP contribution is 2.53. The van der Waals surface area contributed by atoms with Gasteiger partial charge in [-0.3, -0.25) is 0 Å². The van der Waals surface area contributed by atoms with Crippen molar-refractivity contribution < 1.29 is 23.1 Å². The Morgan fingerprint density at radius 1 is 1.60 bits per heavy atom. The lowest BCUT2D eigenvalue weighted by Crippen LogP contribution is -2.10. The predicted molar refractivity (Wildman–Crippen MR) is 54.2 cm³/mol. The smallest absolute Gasteiger partial charge is 0.403 e. The van der Waals surface area contributed by atoms with E-state index in [2.05, 4.69) is 0 Å². The Morgan fingerprint density at radius 2 is 2.27 bits per heavy atom. The number of rotatable bonds is 3. The van der Waals surface area contributed by atoms with E-state index in [1.54, 1.807) is 13.8 Å². The minimum absolute atomic E-state index is 0.251. The Morgan fingerprint density at radius 3 is 2.73 bits per heavy atom. The molecule has 0 N–H and O–H groups in total. The number of esters is 1. The molecule has 1 rings (SSSR count). The highest BCUT2D eigenvalue weighted by molar-refractivity contribution is 7.57. The molecular weight excluding hydrogens is 219 g/mol. The van der Waals surface area contributed by atoms with Crippen LogP contribution >= 0.6 is 7.60 Å². The minimum Gasteiger partial charge on any atom is -0.462 e. The summed E-state index contributed by atoms with van der Waals surface area (Å²) >= 11 is 0. The Bertz CT molecular complexity index is 369. The summed E-state index contributed by atoms with van der Waals surface area (Å²) in [6.45, 7) is 3.54. The normalized spacial score (nSPS) is 25.0. The molecule has 1 atom stereocenters. The lowest BCUT2D eigenvalue weighted by atomic mass is 10.2. The summed E-state index contributed by atoms with van der Waals surface area (Å²) in [6, 6.07) is 0. The largest absolute Gasteiger partial charge is 0.462 e. The number of carbonyl (C=O) groups excluding carboxylic acids is 1. The Kier molecular flexibility index (Phi) is 3.72. The molecule has 0 amide bonds. The van der Waals surface area contributed by atoms with Crippen LogP contribution in [0.25, 0.3) is 0 Å². The van der Waals surface area contributed by atoms with Crippen molar-refractivity contribution in [2.45, 2.75) is 13.8 Å². The molecule has 1 aliphatic heterocycles. The average molecular weight is 232 g/mol. The van der Waals surface area contributed by atoms with Crippen molar-refractivity contribution in [2.75, 3.05) is 13.7 Å². The van der Waals surface area contributed by atoms with Gasteiger partial charge in [0.2, 0.25) is 0 Å². The summed E-state index contributed by atoms with van der Waals surface area (Å²) in [5.41, 5.74) is 0.264. The second-order valence-corrected chi connectivity index (χ2v) is 4.75. The third-order valence-electron chi connectivity index (χ3n) is 1.82. The third kappa shape index (κ3) is 2.70. The van der Waals surface area contributed by atoms with Gasteiger partial charge in [0.05, 0.1) is 12.2 Å². The van der Waals surface area contributed by atoms with E-state index in [4.69, 9.17) is 13.8 Å². The Balaban J connectivity index is 2.88. The molecule has 0 aromatic rings. The van der Waals surface area contributed by atoms with Gasteiger partial charge in [-0.2, -0.15) is 0 Å². The van der Waals surface area contributed by atoms with E-state index in [1.165, 1.54) is 19.0 Å². The second-order valence-electron chi connectivity index (χ2n) is 2.82. The minimum atomic E-state index is -3.19. The van der Waals surface area contributed by atoms with Crippen molar-refractivity contribution in [3.63, 3.8) is 0 Å². The molecular formula is C9H13O5P. The monoisotopic (exact) mass is 232 g/mol. The number of allylic oxidation sites excluding steroid dienone is 1. The van der Waals surface area contributed by atoms with Crippen LogP contribution in [0.2, 0.25) is 0 Å². The molecule has 0 aromatic carbocycles. The zero-order valence-electron chi connectivity index (χ0n) is 8.85. The Labute approximate surface area is 88.2 Å². The first-order valence-corrected chi connectivity index (χ1v) is 6.06. The zero-order valence-corrected chi connectivity index (χ0v) is 9.74. The van der Waals surface area contributed by atoms with Crippen LogP contribution in [0, 0.1) is 0 Å². The Hall–Kier alpha value is -1.06. The van der Waals surface area contributed by atoms with Gasteiger partial charge in [0.25, 0.3) is 0 Å². The first kappa shape index (κ1) is 12.0. The van der Waals surface area contributed by atoms with Crippen LogP contribution in [0.5, 0.6) is 0 Å². The number of ether oxygens (including phenoxy) is 1. The van der Waals surface area contributed by atoms with Crippen LogP contribution in [0.1, 0.15) is 13.8 Å². The molecule has 0 radical (unpaired) electrons. The molecule has 1 aliphatic rings. The van der Waals surface area contributed by atoms with E-state index in [0.29, 0.717) is 0 Å².